The fraction of sp³-hybridized carbons (Fsp3) is 0.455. The highest BCUT2D eigenvalue weighted by Crippen LogP contribution is 2.31. The van der Waals surface area contributed by atoms with Crippen LogP contribution in [0, 0.1) is 0 Å². The highest BCUT2D eigenvalue weighted by atomic mass is 79.9. The second-order valence-electron chi connectivity index (χ2n) is 3.67. The minimum atomic E-state index is 0. The average Bonchev–Trinajstić information content (AvgIpc) is 2.23. The van der Waals surface area contributed by atoms with Crippen LogP contribution in [0.5, 0.6) is 0 Å². The summed E-state index contributed by atoms with van der Waals surface area (Å²) in [6.45, 7) is 1.14. The van der Waals surface area contributed by atoms with Crippen LogP contribution in [-0.2, 0) is 0 Å². The summed E-state index contributed by atoms with van der Waals surface area (Å²) in [6.07, 6.45) is 3.88. The first kappa shape index (κ1) is 13.5. The smallest absolute Gasteiger partial charge is 0.0331 e. The van der Waals surface area contributed by atoms with Gasteiger partial charge >= 0.3 is 0 Å². The average molecular weight is 356 g/mol. The van der Waals surface area contributed by atoms with Gasteiger partial charge in [0.2, 0.25) is 0 Å². The van der Waals surface area contributed by atoms with Gasteiger partial charge in [0.25, 0.3) is 0 Å². The van der Waals surface area contributed by atoms with Gasteiger partial charge in [0, 0.05) is 15.0 Å². The van der Waals surface area contributed by atoms with Crippen LogP contribution in [0.3, 0.4) is 0 Å². The molecule has 84 valence electrons. The molecule has 0 spiro atoms. The third kappa shape index (κ3) is 3.45. The van der Waals surface area contributed by atoms with E-state index in [1.165, 1.54) is 29.3 Å². The van der Waals surface area contributed by atoms with E-state index >= 15 is 0 Å². The van der Waals surface area contributed by atoms with Gasteiger partial charge in [0.15, 0.2) is 0 Å². The third-order valence-corrected chi connectivity index (χ3v) is 3.86. The number of benzene rings is 1. The summed E-state index contributed by atoms with van der Waals surface area (Å²) in [4.78, 5) is 0. The maximum absolute atomic E-state index is 3.61. The SMILES string of the molecule is Brc1ccc(Br)c([C@H]2CCCCN2)c1.Cl. The normalized spacial score (nSPS) is 20.8. The van der Waals surface area contributed by atoms with Crippen molar-refractivity contribution in [2.45, 2.75) is 25.3 Å². The van der Waals surface area contributed by atoms with Crippen LogP contribution in [0.2, 0.25) is 0 Å². The van der Waals surface area contributed by atoms with E-state index in [0.29, 0.717) is 6.04 Å². The maximum Gasteiger partial charge on any atom is 0.0331 e. The Morgan fingerprint density at radius 1 is 1.20 bits per heavy atom. The van der Waals surface area contributed by atoms with Crippen molar-refractivity contribution in [1.82, 2.24) is 5.32 Å². The van der Waals surface area contributed by atoms with Crippen molar-refractivity contribution in [1.29, 1.82) is 0 Å². The highest BCUT2D eigenvalue weighted by molar-refractivity contribution is 9.11. The molecular weight excluding hydrogens is 341 g/mol. The Labute approximate surface area is 114 Å². The van der Waals surface area contributed by atoms with Crippen molar-refractivity contribution in [3.63, 3.8) is 0 Å². The minimum absolute atomic E-state index is 0. The predicted octanol–water partition coefficient (Wildman–Crippen LogP) is 4.45. The summed E-state index contributed by atoms with van der Waals surface area (Å²) in [6, 6.07) is 6.90. The fourth-order valence-electron chi connectivity index (χ4n) is 1.90. The summed E-state index contributed by atoms with van der Waals surface area (Å²) in [5.41, 5.74) is 1.37. The zero-order chi connectivity index (χ0) is 9.97. The quantitative estimate of drug-likeness (QED) is 0.785. The molecule has 0 aliphatic carbocycles. The minimum Gasteiger partial charge on any atom is -0.310 e. The number of hydrogen-bond donors (Lipinski definition) is 1. The second kappa shape index (κ2) is 6.24. The fourth-order valence-corrected chi connectivity index (χ4v) is 2.80. The van der Waals surface area contributed by atoms with Crippen LogP contribution >= 0.6 is 44.3 Å². The summed E-state index contributed by atoms with van der Waals surface area (Å²) < 4.78 is 2.36. The monoisotopic (exact) mass is 353 g/mol. The van der Waals surface area contributed by atoms with Crippen molar-refractivity contribution in [3.05, 3.63) is 32.7 Å². The predicted molar refractivity (Wildman–Crippen MR) is 73.7 cm³/mol. The van der Waals surface area contributed by atoms with Gasteiger partial charge in [-0.05, 0) is 43.1 Å². The zero-order valence-electron chi connectivity index (χ0n) is 8.30. The molecule has 15 heavy (non-hydrogen) atoms. The molecule has 1 nitrogen and oxygen atoms in total. The molecule has 1 heterocycles. The van der Waals surface area contributed by atoms with Crippen molar-refractivity contribution in [2.24, 2.45) is 0 Å². The topological polar surface area (TPSA) is 12.0 Å². The van der Waals surface area contributed by atoms with Gasteiger partial charge in [-0.2, -0.15) is 0 Å². The summed E-state index contributed by atoms with van der Waals surface area (Å²) in [5.74, 6) is 0. The molecule has 0 aromatic heterocycles. The van der Waals surface area contributed by atoms with Crippen LogP contribution in [-0.4, -0.2) is 6.54 Å². The molecule has 0 radical (unpaired) electrons. The maximum atomic E-state index is 3.61. The van der Waals surface area contributed by atoms with Crippen molar-refractivity contribution in [3.8, 4) is 0 Å². The van der Waals surface area contributed by atoms with E-state index in [0.717, 1.165) is 11.0 Å². The molecule has 1 aliphatic heterocycles. The molecule has 4 heteroatoms. The zero-order valence-corrected chi connectivity index (χ0v) is 12.3. The molecule has 0 amide bonds. The first-order valence-electron chi connectivity index (χ1n) is 4.96. The lowest BCUT2D eigenvalue weighted by Crippen LogP contribution is -2.27. The van der Waals surface area contributed by atoms with Gasteiger partial charge in [-0.15, -0.1) is 12.4 Å². The lowest BCUT2D eigenvalue weighted by Gasteiger charge is -2.24. The molecule has 0 bridgehead atoms. The molecule has 1 aromatic rings. The van der Waals surface area contributed by atoms with Gasteiger partial charge in [0.05, 0.1) is 0 Å². The molecule has 0 saturated carbocycles. The first-order chi connectivity index (χ1) is 6.77. The molecule has 1 saturated heterocycles. The Kier molecular flexibility index (Phi) is 5.61. The number of nitrogens with one attached hydrogen (secondary N) is 1. The molecule has 1 aliphatic rings. The summed E-state index contributed by atoms with van der Waals surface area (Å²) in [5, 5.41) is 3.55. The van der Waals surface area contributed by atoms with Gasteiger partial charge in [0.1, 0.15) is 0 Å². The molecule has 2 rings (SSSR count). The number of halogens is 3. The molecule has 1 aromatic carbocycles. The molecule has 1 N–H and O–H groups in total. The molecule has 1 atom stereocenters. The van der Waals surface area contributed by atoms with Crippen molar-refractivity contribution < 1.29 is 0 Å². The number of piperidine rings is 1. The van der Waals surface area contributed by atoms with Gasteiger partial charge in [-0.1, -0.05) is 38.3 Å². The van der Waals surface area contributed by atoms with Gasteiger partial charge in [-0.3, -0.25) is 0 Å². The Bertz CT molecular complexity index is 324. The molecule has 0 unspecified atom stereocenters. The van der Waals surface area contributed by atoms with E-state index in [9.17, 15) is 0 Å². The van der Waals surface area contributed by atoms with Crippen LogP contribution in [0.1, 0.15) is 30.9 Å². The summed E-state index contributed by atoms with van der Waals surface area (Å²) in [7, 11) is 0. The van der Waals surface area contributed by atoms with E-state index in [2.05, 4.69) is 55.4 Å². The Hall–Kier alpha value is 0.430. The Balaban J connectivity index is 0.00000112. The van der Waals surface area contributed by atoms with Gasteiger partial charge in [-0.25, -0.2) is 0 Å². The van der Waals surface area contributed by atoms with Crippen molar-refractivity contribution >= 4 is 44.3 Å². The van der Waals surface area contributed by atoms with E-state index in [4.69, 9.17) is 0 Å². The van der Waals surface area contributed by atoms with E-state index < -0.39 is 0 Å². The highest BCUT2D eigenvalue weighted by Gasteiger charge is 2.16. The molecule has 1 fully saturated rings. The second-order valence-corrected chi connectivity index (χ2v) is 5.44. The van der Waals surface area contributed by atoms with E-state index in [1.54, 1.807) is 0 Å². The lowest BCUT2D eigenvalue weighted by atomic mass is 9.98. The van der Waals surface area contributed by atoms with Crippen LogP contribution in [0.25, 0.3) is 0 Å². The lowest BCUT2D eigenvalue weighted by molar-refractivity contribution is 0.411. The Morgan fingerprint density at radius 3 is 2.67 bits per heavy atom. The largest absolute Gasteiger partial charge is 0.310 e. The van der Waals surface area contributed by atoms with Gasteiger partial charge < -0.3 is 5.32 Å². The van der Waals surface area contributed by atoms with Crippen molar-refractivity contribution in [2.75, 3.05) is 6.54 Å². The van der Waals surface area contributed by atoms with E-state index in [-0.39, 0.29) is 12.4 Å². The summed E-state index contributed by atoms with van der Waals surface area (Å²) >= 11 is 7.12. The standard InChI is InChI=1S/C11H13Br2N.ClH/c12-8-4-5-10(13)9(7-8)11-3-1-2-6-14-11;/h4-5,7,11,14H,1-3,6H2;1H/t11-;/m1./s1. The van der Waals surface area contributed by atoms with Crippen LogP contribution in [0.4, 0.5) is 0 Å². The molecular formula is C11H14Br2ClN. The van der Waals surface area contributed by atoms with Crippen LogP contribution in [0.15, 0.2) is 27.1 Å². The number of rotatable bonds is 1. The van der Waals surface area contributed by atoms with E-state index in [1.807, 2.05) is 0 Å². The number of hydrogen-bond acceptors (Lipinski definition) is 1. The third-order valence-electron chi connectivity index (χ3n) is 2.64. The Morgan fingerprint density at radius 2 is 2.00 bits per heavy atom. The van der Waals surface area contributed by atoms with Crippen LogP contribution < -0.4 is 5.32 Å². The first-order valence-corrected chi connectivity index (χ1v) is 6.54.